The van der Waals surface area contributed by atoms with E-state index in [0.717, 1.165) is 60.6 Å². The molecule has 0 bridgehead atoms. The van der Waals surface area contributed by atoms with E-state index < -0.39 is 0 Å². The number of nitrogens with zero attached hydrogens (tertiary/aromatic N) is 2. The van der Waals surface area contributed by atoms with Crippen LogP contribution in [0.25, 0.3) is 11.3 Å². The summed E-state index contributed by atoms with van der Waals surface area (Å²) in [4.78, 5) is 8.67. The minimum Gasteiger partial charge on any atom is -0.454 e. The van der Waals surface area contributed by atoms with Gasteiger partial charge in [-0.15, -0.1) is 11.3 Å². The summed E-state index contributed by atoms with van der Waals surface area (Å²) in [6.45, 7) is 5.41. The van der Waals surface area contributed by atoms with Crippen LogP contribution < -0.4 is 19.3 Å². The largest absolute Gasteiger partial charge is 0.454 e. The van der Waals surface area contributed by atoms with Crippen LogP contribution in [0.2, 0.25) is 0 Å². The molecule has 0 atom stereocenters. The number of hydrogen-bond acceptors (Lipinski definition) is 5. The molecule has 2 aliphatic heterocycles. The van der Waals surface area contributed by atoms with Gasteiger partial charge in [0.05, 0.1) is 31.9 Å². The van der Waals surface area contributed by atoms with Crippen molar-refractivity contribution in [3.05, 3.63) is 59.2 Å². The number of benzene rings is 2. The van der Waals surface area contributed by atoms with Gasteiger partial charge in [-0.05, 0) is 42.5 Å². The second kappa shape index (κ2) is 7.41. The molecule has 0 unspecified atom stereocenters. The van der Waals surface area contributed by atoms with Gasteiger partial charge in [-0.3, -0.25) is 0 Å². The molecule has 3 aromatic rings. The minimum absolute atomic E-state index is 0.222. The topological polar surface area (TPSA) is 39.0 Å². The number of halogens is 1. The monoisotopic (exact) mass is 398 g/mol. The highest BCUT2D eigenvalue weighted by molar-refractivity contribution is 7.14. The lowest BCUT2D eigenvalue weighted by atomic mass is 10.1. The Balaban J connectivity index is 1.20. The molecule has 1 fully saturated rings. The van der Waals surface area contributed by atoms with Crippen molar-refractivity contribution in [1.82, 2.24) is 4.98 Å². The molecule has 7 heteroatoms. The van der Waals surface area contributed by atoms with Crippen LogP contribution in [0.15, 0.2) is 47.8 Å². The molecule has 1 N–H and O–H groups in total. The predicted octanol–water partition coefficient (Wildman–Crippen LogP) is 2.58. The maximum absolute atomic E-state index is 13.1. The summed E-state index contributed by atoms with van der Waals surface area (Å²) < 4.78 is 24.0. The van der Waals surface area contributed by atoms with Crippen LogP contribution in [0.5, 0.6) is 11.5 Å². The average Bonchev–Trinajstić information content (AvgIpc) is 3.38. The first-order chi connectivity index (χ1) is 13.7. The number of aromatic nitrogens is 1. The van der Waals surface area contributed by atoms with Gasteiger partial charge in [-0.25, -0.2) is 9.37 Å². The van der Waals surface area contributed by atoms with Crippen molar-refractivity contribution in [2.24, 2.45) is 0 Å². The van der Waals surface area contributed by atoms with Crippen LogP contribution in [-0.2, 0) is 6.54 Å². The normalized spacial score (nSPS) is 16.5. The Hall–Kier alpha value is -2.64. The first-order valence-electron chi connectivity index (χ1n) is 9.43. The zero-order chi connectivity index (χ0) is 18.9. The summed E-state index contributed by atoms with van der Waals surface area (Å²) in [6, 6.07) is 12.7. The van der Waals surface area contributed by atoms with Crippen molar-refractivity contribution in [1.29, 1.82) is 0 Å². The van der Waals surface area contributed by atoms with Gasteiger partial charge in [-0.1, -0.05) is 0 Å². The Bertz CT molecular complexity index is 968. The number of rotatable bonds is 4. The minimum atomic E-state index is -0.222. The molecule has 0 spiro atoms. The first kappa shape index (κ1) is 17.5. The molecule has 2 aliphatic rings. The van der Waals surface area contributed by atoms with E-state index in [-0.39, 0.29) is 5.82 Å². The van der Waals surface area contributed by atoms with Crippen molar-refractivity contribution in [2.75, 3.05) is 37.9 Å². The predicted molar refractivity (Wildman–Crippen MR) is 107 cm³/mol. The van der Waals surface area contributed by atoms with E-state index in [1.165, 1.54) is 17.7 Å². The highest BCUT2D eigenvalue weighted by atomic mass is 32.1. The Morgan fingerprint density at radius 2 is 1.82 bits per heavy atom. The summed E-state index contributed by atoms with van der Waals surface area (Å²) in [5.74, 6) is 1.47. The lowest BCUT2D eigenvalue weighted by molar-refractivity contribution is -0.914. The van der Waals surface area contributed by atoms with Crippen LogP contribution in [0.4, 0.5) is 9.52 Å². The van der Waals surface area contributed by atoms with Gasteiger partial charge < -0.3 is 19.3 Å². The molecule has 0 aliphatic carbocycles. The number of piperazine rings is 1. The smallest absolute Gasteiger partial charge is 0.231 e. The molecule has 5 nitrogen and oxygen atoms in total. The van der Waals surface area contributed by atoms with Crippen LogP contribution in [0.1, 0.15) is 5.56 Å². The molecular weight excluding hydrogens is 377 g/mol. The molecule has 1 aromatic heterocycles. The average molecular weight is 398 g/mol. The van der Waals surface area contributed by atoms with Gasteiger partial charge in [0.1, 0.15) is 12.4 Å². The molecule has 28 heavy (non-hydrogen) atoms. The second-order valence-electron chi connectivity index (χ2n) is 7.12. The molecular formula is C21H21FN3O2S+. The Morgan fingerprint density at radius 1 is 1.04 bits per heavy atom. The number of hydrogen-bond donors (Lipinski definition) is 1. The summed E-state index contributed by atoms with van der Waals surface area (Å²) in [6.07, 6.45) is 0. The highest BCUT2D eigenvalue weighted by Gasteiger charge is 2.23. The van der Waals surface area contributed by atoms with Crippen LogP contribution in [-0.4, -0.2) is 38.0 Å². The summed E-state index contributed by atoms with van der Waals surface area (Å²) in [5.41, 5.74) is 3.15. The Morgan fingerprint density at radius 3 is 2.64 bits per heavy atom. The fourth-order valence-electron chi connectivity index (χ4n) is 3.69. The summed E-state index contributed by atoms with van der Waals surface area (Å²) in [5, 5.41) is 3.09. The van der Waals surface area contributed by atoms with E-state index in [9.17, 15) is 4.39 Å². The number of quaternary nitrogens is 1. The zero-order valence-electron chi connectivity index (χ0n) is 15.4. The van der Waals surface area contributed by atoms with Crippen molar-refractivity contribution < 1.29 is 18.8 Å². The third kappa shape index (κ3) is 3.55. The molecule has 2 aromatic carbocycles. The van der Waals surface area contributed by atoms with Gasteiger partial charge in [0.15, 0.2) is 16.6 Å². The van der Waals surface area contributed by atoms with Gasteiger partial charge in [0.25, 0.3) is 0 Å². The van der Waals surface area contributed by atoms with E-state index in [1.807, 2.05) is 6.07 Å². The maximum atomic E-state index is 13.1. The van der Waals surface area contributed by atoms with Crippen molar-refractivity contribution in [3.63, 3.8) is 0 Å². The van der Waals surface area contributed by atoms with Crippen LogP contribution in [0.3, 0.4) is 0 Å². The van der Waals surface area contributed by atoms with Gasteiger partial charge in [-0.2, -0.15) is 0 Å². The second-order valence-corrected chi connectivity index (χ2v) is 7.96. The zero-order valence-corrected chi connectivity index (χ0v) is 16.2. The number of anilines is 1. The molecule has 1 saturated heterocycles. The molecule has 0 amide bonds. The van der Waals surface area contributed by atoms with Crippen molar-refractivity contribution >= 4 is 16.5 Å². The van der Waals surface area contributed by atoms with Gasteiger partial charge in [0.2, 0.25) is 6.79 Å². The quantitative estimate of drug-likeness (QED) is 0.733. The third-order valence-electron chi connectivity index (χ3n) is 5.26. The van der Waals surface area contributed by atoms with Crippen molar-refractivity contribution in [2.45, 2.75) is 6.54 Å². The maximum Gasteiger partial charge on any atom is 0.231 e. The number of ether oxygens (including phenoxy) is 2. The van der Waals surface area contributed by atoms with Crippen LogP contribution >= 0.6 is 11.3 Å². The van der Waals surface area contributed by atoms with E-state index in [0.29, 0.717) is 6.79 Å². The lowest BCUT2D eigenvalue weighted by Gasteiger charge is -2.32. The van der Waals surface area contributed by atoms with Gasteiger partial charge >= 0.3 is 0 Å². The fraction of sp³-hybridized carbons (Fsp3) is 0.286. The Kier molecular flexibility index (Phi) is 4.62. The molecule has 0 saturated carbocycles. The SMILES string of the molecule is Fc1ccc(-c2csc(N3CC[NH+](Cc4ccc5c(c4)OCO5)CC3)n2)cc1. The molecule has 144 valence electrons. The molecule has 0 radical (unpaired) electrons. The molecule has 3 heterocycles. The third-order valence-corrected chi connectivity index (χ3v) is 6.17. The highest BCUT2D eigenvalue weighted by Crippen LogP contribution is 2.32. The number of fused-ring (bicyclic) bond motifs is 1. The van der Waals surface area contributed by atoms with Crippen LogP contribution in [0, 0.1) is 5.82 Å². The summed E-state index contributed by atoms with van der Waals surface area (Å²) >= 11 is 1.66. The van der Waals surface area contributed by atoms with Crippen molar-refractivity contribution in [3.8, 4) is 22.8 Å². The number of thiazole rings is 1. The standard InChI is InChI=1S/C21H20FN3O2S/c22-17-4-2-16(3-5-17)18-13-28-21(23-18)25-9-7-24(8-10-25)12-15-1-6-19-20(11-15)27-14-26-19/h1-6,11,13H,7-10,12,14H2/p+1. The Labute approximate surface area is 166 Å². The lowest BCUT2D eigenvalue weighted by Crippen LogP contribution is -3.13. The van der Waals surface area contributed by atoms with E-state index >= 15 is 0 Å². The van der Waals surface area contributed by atoms with E-state index in [1.54, 1.807) is 28.4 Å². The summed E-state index contributed by atoms with van der Waals surface area (Å²) in [7, 11) is 0. The van der Waals surface area contributed by atoms with E-state index in [2.05, 4.69) is 22.4 Å². The fourth-order valence-corrected chi connectivity index (χ4v) is 4.58. The van der Waals surface area contributed by atoms with E-state index in [4.69, 9.17) is 14.5 Å². The molecule has 5 rings (SSSR count). The number of nitrogens with one attached hydrogen (secondary N) is 1. The van der Waals surface area contributed by atoms with Gasteiger partial charge in [0, 0.05) is 16.5 Å². The first-order valence-corrected chi connectivity index (χ1v) is 10.3.